The van der Waals surface area contributed by atoms with Gasteiger partial charge in [-0.2, -0.15) is 0 Å². The first-order chi connectivity index (χ1) is 9.41. The fourth-order valence-corrected chi connectivity index (χ4v) is 3.80. The van der Waals surface area contributed by atoms with Crippen molar-refractivity contribution in [3.63, 3.8) is 0 Å². The summed E-state index contributed by atoms with van der Waals surface area (Å²) >= 11 is 0. The van der Waals surface area contributed by atoms with E-state index in [9.17, 15) is 9.18 Å². The minimum absolute atomic E-state index is 0.0366. The normalized spacial score (nSPS) is 34.9. The number of piperidine rings is 2. The van der Waals surface area contributed by atoms with Crippen molar-refractivity contribution in [2.75, 3.05) is 13.1 Å². The first kappa shape index (κ1) is 13.7. The molecule has 0 aliphatic carbocycles. The van der Waals surface area contributed by atoms with Crippen LogP contribution in [-0.4, -0.2) is 29.3 Å². The predicted molar refractivity (Wildman–Crippen MR) is 77.2 cm³/mol. The molecule has 2 saturated heterocycles. The van der Waals surface area contributed by atoms with E-state index in [-0.39, 0.29) is 16.8 Å². The Kier molecular flexibility index (Phi) is 3.20. The smallest absolute Gasteiger partial charge is 0.136 e. The first-order valence-corrected chi connectivity index (χ1v) is 7.44. The molecule has 20 heavy (non-hydrogen) atoms. The van der Waals surface area contributed by atoms with Crippen molar-refractivity contribution >= 4 is 5.78 Å². The minimum atomic E-state index is -0.179. The average Bonchev–Trinajstić information content (AvgIpc) is 2.40. The van der Waals surface area contributed by atoms with Gasteiger partial charge in [0.05, 0.1) is 0 Å². The number of hydrogen-bond donors (Lipinski definition) is 0. The summed E-state index contributed by atoms with van der Waals surface area (Å²) in [5.41, 5.74) is 1.31. The van der Waals surface area contributed by atoms with Gasteiger partial charge in [-0.15, -0.1) is 0 Å². The maximum atomic E-state index is 13.1. The van der Waals surface area contributed by atoms with Crippen molar-refractivity contribution in [1.29, 1.82) is 0 Å². The molecule has 108 valence electrons. The van der Waals surface area contributed by atoms with E-state index >= 15 is 0 Å². The zero-order chi connectivity index (χ0) is 14.4. The van der Waals surface area contributed by atoms with E-state index in [4.69, 9.17) is 0 Å². The van der Waals surface area contributed by atoms with Gasteiger partial charge in [-0.05, 0) is 37.5 Å². The van der Waals surface area contributed by atoms with Crippen LogP contribution in [0.5, 0.6) is 0 Å². The molecule has 0 aromatic heterocycles. The van der Waals surface area contributed by atoms with Gasteiger partial charge in [-0.1, -0.05) is 19.1 Å². The summed E-state index contributed by atoms with van der Waals surface area (Å²) in [6.45, 7) is 6.30. The molecule has 1 aromatic rings. The summed E-state index contributed by atoms with van der Waals surface area (Å²) < 4.78 is 13.1. The molecule has 2 unspecified atom stereocenters. The molecule has 0 N–H and O–H groups in total. The van der Waals surface area contributed by atoms with Crippen molar-refractivity contribution in [2.24, 2.45) is 0 Å². The zero-order valence-corrected chi connectivity index (χ0v) is 12.3. The Labute approximate surface area is 120 Å². The summed E-state index contributed by atoms with van der Waals surface area (Å²) in [6, 6.07) is 6.92. The summed E-state index contributed by atoms with van der Waals surface area (Å²) in [6.07, 6.45) is 3.45. The fraction of sp³-hybridized carbons (Fsp3) is 0.588. The predicted octanol–water partition coefficient (Wildman–Crippen LogP) is 3.30. The van der Waals surface area contributed by atoms with Gasteiger partial charge in [-0.25, -0.2) is 4.39 Å². The van der Waals surface area contributed by atoms with Gasteiger partial charge in [0, 0.05) is 36.9 Å². The van der Waals surface area contributed by atoms with Crippen LogP contribution in [-0.2, 0) is 10.2 Å². The maximum Gasteiger partial charge on any atom is 0.136 e. The Balaban J connectivity index is 1.84. The van der Waals surface area contributed by atoms with Gasteiger partial charge in [0.1, 0.15) is 11.6 Å². The number of nitrogens with zero attached hydrogens (tertiary/aromatic N) is 1. The van der Waals surface area contributed by atoms with E-state index in [1.54, 1.807) is 12.1 Å². The summed E-state index contributed by atoms with van der Waals surface area (Å²) in [4.78, 5) is 14.2. The standard InChI is InChI=1S/C17H22FNO/c1-16(13-3-5-14(18)6-4-13)8-9-17(2)11-15(20)7-10-19(17)12-16/h3-6H,7-12H2,1-2H3. The number of halogens is 1. The number of carbonyl (C=O) groups excluding carboxylic acids is 1. The molecule has 2 fully saturated rings. The Morgan fingerprint density at radius 2 is 1.85 bits per heavy atom. The number of rotatable bonds is 1. The highest BCUT2D eigenvalue weighted by Crippen LogP contribution is 2.43. The lowest BCUT2D eigenvalue weighted by molar-refractivity contribution is -0.128. The molecule has 0 bridgehead atoms. The minimum Gasteiger partial charge on any atom is -0.300 e. The molecule has 0 radical (unpaired) electrons. The van der Waals surface area contributed by atoms with Crippen LogP contribution in [0.3, 0.4) is 0 Å². The number of Topliss-reactive ketones (excluding diaryl/α,β-unsaturated/α-hetero) is 1. The fourth-order valence-electron chi connectivity index (χ4n) is 3.80. The zero-order valence-electron chi connectivity index (χ0n) is 12.3. The highest BCUT2D eigenvalue weighted by molar-refractivity contribution is 5.80. The number of ketones is 1. The van der Waals surface area contributed by atoms with E-state index in [1.807, 2.05) is 12.1 Å². The Bertz CT molecular complexity index is 526. The van der Waals surface area contributed by atoms with Crippen molar-refractivity contribution in [3.8, 4) is 0 Å². The van der Waals surface area contributed by atoms with Crippen molar-refractivity contribution < 1.29 is 9.18 Å². The maximum absolute atomic E-state index is 13.1. The van der Waals surface area contributed by atoms with Crippen LogP contribution in [0.4, 0.5) is 4.39 Å². The molecule has 0 spiro atoms. The van der Waals surface area contributed by atoms with E-state index < -0.39 is 0 Å². The molecule has 2 nitrogen and oxygen atoms in total. The topological polar surface area (TPSA) is 20.3 Å². The number of carbonyl (C=O) groups is 1. The molecule has 3 heteroatoms. The first-order valence-electron chi connectivity index (χ1n) is 7.44. The molecule has 0 amide bonds. The van der Waals surface area contributed by atoms with Gasteiger partial charge in [0.15, 0.2) is 0 Å². The van der Waals surface area contributed by atoms with Gasteiger partial charge in [0.25, 0.3) is 0 Å². The molecule has 2 atom stereocenters. The van der Waals surface area contributed by atoms with Gasteiger partial charge in [-0.3, -0.25) is 9.69 Å². The lowest BCUT2D eigenvalue weighted by Gasteiger charge is -2.53. The van der Waals surface area contributed by atoms with E-state index in [1.165, 1.54) is 5.56 Å². The van der Waals surface area contributed by atoms with Crippen LogP contribution in [0.25, 0.3) is 0 Å². The lowest BCUT2D eigenvalue weighted by atomic mass is 9.68. The van der Waals surface area contributed by atoms with Crippen LogP contribution in [0.1, 0.15) is 45.1 Å². The monoisotopic (exact) mass is 275 g/mol. The highest BCUT2D eigenvalue weighted by Gasteiger charge is 2.46. The average molecular weight is 275 g/mol. The second-order valence-electron chi connectivity index (χ2n) is 6.95. The van der Waals surface area contributed by atoms with Crippen LogP contribution in [0.2, 0.25) is 0 Å². The third-order valence-corrected chi connectivity index (χ3v) is 5.30. The molecule has 2 heterocycles. The molecular weight excluding hydrogens is 253 g/mol. The molecule has 0 saturated carbocycles. The number of benzene rings is 1. The Morgan fingerprint density at radius 1 is 1.15 bits per heavy atom. The lowest BCUT2D eigenvalue weighted by Crippen LogP contribution is -2.60. The van der Waals surface area contributed by atoms with Gasteiger partial charge >= 0.3 is 0 Å². The van der Waals surface area contributed by atoms with Gasteiger partial charge in [0.2, 0.25) is 0 Å². The van der Waals surface area contributed by atoms with Crippen LogP contribution < -0.4 is 0 Å². The molecular formula is C17H22FNO. The largest absolute Gasteiger partial charge is 0.300 e. The summed E-state index contributed by atoms with van der Waals surface area (Å²) in [5, 5.41) is 0. The quantitative estimate of drug-likeness (QED) is 0.784. The van der Waals surface area contributed by atoms with Crippen molar-refractivity contribution in [3.05, 3.63) is 35.6 Å². The molecule has 2 aliphatic rings. The van der Waals surface area contributed by atoms with E-state index in [2.05, 4.69) is 18.7 Å². The third-order valence-electron chi connectivity index (χ3n) is 5.30. The number of hydrogen-bond acceptors (Lipinski definition) is 2. The number of fused-ring (bicyclic) bond motifs is 1. The molecule has 3 rings (SSSR count). The van der Waals surface area contributed by atoms with E-state index in [0.717, 1.165) is 25.9 Å². The third kappa shape index (κ3) is 2.28. The van der Waals surface area contributed by atoms with Crippen molar-refractivity contribution in [1.82, 2.24) is 4.90 Å². The van der Waals surface area contributed by atoms with Crippen LogP contribution in [0.15, 0.2) is 24.3 Å². The molecule has 2 aliphatic heterocycles. The van der Waals surface area contributed by atoms with Crippen LogP contribution >= 0.6 is 0 Å². The van der Waals surface area contributed by atoms with E-state index in [0.29, 0.717) is 18.6 Å². The second kappa shape index (κ2) is 4.66. The van der Waals surface area contributed by atoms with Crippen LogP contribution in [0, 0.1) is 5.82 Å². The second-order valence-corrected chi connectivity index (χ2v) is 6.95. The SMILES string of the molecule is CC1(c2ccc(F)cc2)CCC2(C)CC(=O)CCN2C1. The molecule has 1 aromatic carbocycles. The van der Waals surface area contributed by atoms with Gasteiger partial charge < -0.3 is 0 Å². The summed E-state index contributed by atoms with van der Waals surface area (Å²) in [5.74, 6) is 0.218. The van der Waals surface area contributed by atoms with Crippen molar-refractivity contribution in [2.45, 2.75) is 50.5 Å². The summed E-state index contributed by atoms with van der Waals surface area (Å²) in [7, 11) is 0. The Morgan fingerprint density at radius 3 is 2.55 bits per heavy atom. The Hall–Kier alpha value is -1.22. The highest BCUT2D eigenvalue weighted by atomic mass is 19.1.